The Kier molecular flexibility index (Phi) is 5.48. The Morgan fingerprint density at radius 3 is 2.93 bits per heavy atom. The van der Waals surface area contributed by atoms with Crippen molar-refractivity contribution in [2.75, 3.05) is 13.2 Å². The van der Waals surface area contributed by atoms with E-state index in [1.165, 1.54) is 11.3 Å². The molecule has 0 spiro atoms. The van der Waals surface area contributed by atoms with Crippen LogP contribution in [0.25, 0.3) is 0 Å². The van der Waals surface area contributed by atoms with Crippen LogP contribution in [0.5, 0.6) is 0 Å². The molecular weight excluding hydrogens is 220 g/mol. The van der Waals surface area contributed by atoms with Gasteiger partial charge < -0.3 is 9.84 Å². The fourth-order valence-electron chi connectivity index (χ4n) is 1.12. The van der Waals surface area contributed by atoms with Crippen molar-refractivity contribution in [3.8, 4) is 0 Å². The molecule has 1 N–H and O–H groups in total. The van der Waals surface area contributed by atoms with E-state index in [1.807, 2.05) is 19.1 Å². The molecular formula is C10H15ClO2S. The third-order valence-electron chi connectivity index (χ3n) is 1.72. The number of aliphatic hydroxyl groups is 1. The Balaban J connectivity index is 2.23. The molecule has 0 amide bonds. The van der Waals surface area contributed by atoms with Crippen LogP contribution in [-0.4, -0.2) is 24.4 Å². The molecule has 1 heterocycles. The van der Waals surface area contributed by atoms with Crippen molar-refractivity contribution in [3.63, 3.8) is 0 Å². The quantitative estimate of drug-likeness (QED) is 0.767. The highest BCUT2D eigenvalue weighted by Gasteiger charge is 2.07. The smallest absolute Gasteiger partial charge is 0.0931 e. The number of thiophene rings is 1. The van der Waals surface area contributed by atoms with E-state index in [2.05, 4.69) is 0 Å². The second-order valence-electron chi connectivity index (χ2n) is 3.14. The zero-order valence-corrected chi connectivity index (χ0v) is 9.77. The van der Waals surface area contributed by atoms with Crippen molar-refractivity contribution >= 4 is 22.9 Å². The zero-order chi connectivity index (χ0) is 10.4. The summed E-state index contributed by atoms with van der Waals surface area (Å²) in [5, 5.41) is 9.58. The molecule has 1 atom stereocenters. The van der Waals surface area contributed by atoms with Crippen LogP contribution in [0.15, 0.2) is 12.1 Å². The number of halogens is 1. The number of hydrogen-bond acceptors (Lipinski definition) is 3. The van der Waals surface area contributed by atoms with Crippen LogP contribution in [0, 0.1) is 0 Å². The third-order valence-corrected chi connectivity index (χ3v) is 2.98. The van der Waals surface area contributed by atoms with E-state index in [1.54, 1.807) is 0 Å². The molecule has 4 heteroatoms. The van der Waals surface area contributed by atoms with Crippen molar-refractivity contribution < 1.29 is 9.84 Å². The van der Waals surface area contributed by atoms with Crippen LogP contribution in [0.1, 0.15) is 18.2 Å². The summed E-state index contributed by atoms with van der Waals surface area (Å²) < 4.78 is 6.01. The highest BCUT2D eigenvalue weighted by molar-refractivity contribution is 7.16. The molecule has 1 aromatic rings. The molecule has 0 aromatic carbocycles. The Bertz CT molecular complexity index is 262. The lowest BCUT2D eigenvalue weighted by Crippen LogP contribution is -2.17. The molecule has 1 aromatic heterocycles. The summed E-state index contributed by atoms with van der Waals surface area (Å²) in [6.07, 6.45) is 1.19. The third kappa shape index (κ3) is 4.42. The topological polar surface area (TPSA) is 29.5 Å². The first-order chi connectivity index (χ1) is 6.72. The average molecular weight is 235 g/mol. The first-order valence-electron chi connectivity index (χ1n) is 4.72. The van der Waals surface area contributed by atoms with E-state index in [0.29, 0.717) is 19.6 Å². The number of hydrogen-bond donors (Lipinski definition) is 1. The molecule has 0 aliphatic carbocycles. The van der Waals surface area contributed by atoms with Crippen LogP contribution in [0.3, 0.4) is 0 Å². The Morgan fingerprint density at radius 2 is 2.36 bits per heavy atom. The van der Waals surface area contributed by atoms with Crippen LogP contribution >= 0.6 is 22.9 Å². The van der Waals surface area contributed by atoms with E-state index < -0.39 is 6.10 Å². The summed E-state index contributed by atoms with van der Waals surface area (Å²) in [7, 11) is 0. The van der Waals surface area contributed by atoms with Gasteiger partial charge in [0.2, 0.25) is 0 Å². The van der Waals surface area contributed by atoms with Crippen molar-refractivity contribution in [3.05, 3.63) is 21.3 Å². The first kappa shape index (κ1) is 12.0. The summed E-state index contributed by atoms with van der Waals surface area (Å²) in [5.41, 5.74) is 0. The molecule has 80 valence electrons. The van der Waals surface area contributed by atoms with E-state index >= 15 is 0 Å². The Morgan fingerprint density at radius 1 is 1.57 bits per heavy atom. The monoisotopic (exact) mass is 234 g/mol. The van der Waals surface area contributed by atoms with E-state index in [4.69, 9.17) is 16.3 Å². The molecule has 0 saturated heterocycles. The predicted molar refractivity (Wildman–Crippen MR) is 60.1 cm³/mol. The predicted octanol–water partition coefficient (Wildman–Crippen LogP) is 2.73. The van der Waals surface area contributed by atoms with Gasteiger partial charge in [-0.25, -0.2) is 0 Å². The second kappa shape index (κ2) is 6.40. The van der Waals surface area contributed by atoms with Gasteiger partial charge in [-0.15, -0.1) is 11.3 Å². The summed E-state index contributed by atoms with van der Waals surface area (Å²) in [6, 6.07) is 3.79. The molecule has 14 heavy (non-hydrogen) atoms. The van der Waals surface area contributed by atoms with E-state index in [-0.39, 0.29) is 0 Å². The highest BCUT2D eigenvalue weighted by Crippen LogP contribution is 2.22. The Labute approximate surface area is 93.5 Å². The molecule has 0 fully saturated rings. The lowest BCUT2D eigenvalue weighted by molar-refractivity contribution is 0.0378. The van der Waals surface area contributed by atoms with Gasteiger partial charge in [0.25, 0.3) is 0 Å². The minimum absolute atomic E-state index is 0.406. The minimum atomic E-state index is -0.420. The number of aliphatic hydroxyl groups excluding tert-OH is 1. The standard InChI is InChI=1S/C10H15ClO2S/c1-2-5-13-7-8(12)6-9-3-4-10(11)14-9/h3-4,8,12H,2,5-7H2,1H3. The van der Waals surface area contributed by atoms with E-state index in [9.17, 15) is 5.11 Å². The van der Waals surface area contributed by atoms with Gasteiger partial charge in [-0.2, -0.15) is 0 Å². The van der Waals surface area contributed by atoms with Gasteiger partial charge in [-0.05, 0) is 18.6 Å². The molecule has 1 unspecified atom stereocenters. The normalized spacial score (nSPS) is 13.1. The molecule has 0 bridgehead atoms. The lowest BCUT2D eigenvalue weighted by atomic mass is 10.2. The summed E-state index contributed by atoms with van der Waals surface area (Å²) in [6.45, 7) is 3.16. The fourth-order valence-corrected chi connectivity index (χ4v) is 2.27. The van der Waals surface area contributed by atoms with Crippen molar-refractivity contribution in [2.45, 2.75) is 25.9 Å². The maximum absolute atomic E-state index is 9.58. The van der Waals surface area contributed by atoms with Crippen LogP contribution in [-0.2, 0) is 11.2 Å². The van der Waals surface area contributed by atoms with Gasteiger partial charge in [0, 0.05) is 17.9 Å². The summed E-state index contributed by atoms with van der Waals surface area (Å²) >= 11 is 7.28. The van der Waals surface area contributed by atoms with Crippen LogP contribution in [0.2, 0.25) is 4.34 Å². The molecule has 0 aliphatic heterocycles. The van der Waals surface area contributed by atoms with Gasteiger partial charge >= 0.3 is 0 Å². The molecule has 1 rings (SSSR count). The van der Waals surface area contributed by atoms with Gasteiger partial charge in [0.05, 0.1) is 17.0 Å². The SMILES string of the molecule is CCCOCC(O)Cc1ccc(Cl)s1. The van der Waals surface area contributed by atoms with Gasteiger partial charge in [-0.1, -0.05) is 18.5 Å². The van der Waals surface area contributed by atoms with Crippen LogP contribution in [0.4, 0.5) is 0 Å². The zero-order valence-electron chi connectivity index (χ0n) is 8.20. The van der Waals surface area contributed by atoms with Crippen LogP contribution < -0.4 is 0 Å². The molecule has 0 aliphatic rings. The van der Waals surface area contributed by atoms with E-state index in [0.717, 1.165) is 15.6 Å². The number of rotatable bonds is 6. The minimum Gasteiger partial charge on any atom is -0.390 e. The molecule has 2 nitrogen and oxygen atoms in total. The highest BCUT2D eigenvalue weighted by atomic mass is 35.5. The van der Waals surface area contributed by atoms with Crippen molar-refractivity contribution in [1.82, 2.24) is 0 Å². The summed E-state index contributed by atoms with van der Waals surface area (Å²) in [4.78, 5) is 1.10. The average Bonchev–Trinajstić information content (AvgIpc) is 2.52. The fraction of sp³-hybridized carbons (Fsp3) is 0.600. The second-order valence-corrected chi connectivity index (χ2v) is 4.94. The van der Waals surface area contributed by atoms with Gasteiger partial charge in [0.15, 0.2) is 0 Å². The maximum atomic E-state index is 9.58. The largest absolute Gasteiger partial charge is 0.390 e. The first-order valence-corrected chi connectivity index (χ1v) is 5.92. The van der Waals surface area contributed by atoms with Crippen molar-refractivity contribution in [2.24, 2.45) is 0 Å². The van der Waals surface area contributed by atoms with Crippen molar-refractivity contribution in [1.29, 1.82) is 0 Å². The number of ether oxygens (including phenoxy) is 1. The molecule has 0 saturated carbocycles. The molecule has 0 radical (unpaired) electrons. The lowest BCUT2D eigenvalue weighted by Gasteiger charge is -2.09. The van der Waals surface area contributed by atoms with Gasteiger partial charge in [0.1, 0.15) is 0 Å². The van der Waals surface area contributed by atoms with Gasteiger partial charge in [-0.3, -0.25) is 0 Å². The summed E-state index contributed by atoms with van der Waals surface area (Å²) in [5.74, 6) is 0. The maximum Gasteiger partial charge on any atom is 0.0931 e. The Hall–Kier alpha value is -0.0900.